The molecular weight excluding hydrogens is 290 g/mol. The van der Waals surface area contributed by atoms with E-state index in [1.807, 2.05) is 54.6 Å². The third-order valence-corrected chi connectivity index (χ3v) is 3.19. The summed E-state index contributed by atoms with van der Waals surface area (Å²) in [7, 11) is 0. The molecule has 0 aliphatic carbocycles. The molecule has 0 atom stereocenters. The van der Waals surface area contributed by atoms with E-state index < -0.39 is 0 Å². The van der Waals surface area contributed by atoms with Crippen LogP contribution in [0.4, 0.5) is 0 Å². The number of benzene rings is 2. The van der Waals surface area contributed by atoms with Gasteiger partial charge in [-0.15, -0.1) is 0 Å². The lowest BCUT2D eigenvalue weighted by Crippen LogP contribution is -1.95. The van der Waals surface area contributed by atoms with Gasteiger partial charge in [-0.1, -0.05) is 30.3 Å². The molecule has 114 valence electrons. The summed E-state index contributed by atoms with van der Waals surface area (Å²) < 4.78 is 11.3. The lowest BCUT2D eigenvalue weighted by molar-refractivity contribution is 0.112. The minimum atomic E-state index is 0.438. The highest BCUT2D eigenvalue weighted by Crippen LogP contribution is 2.23. The first kappa shape index (κ1) is 14.8. The number of carbonyl (C=O) groups excluding carboxylic acids is 1. The Morgan fingerprint density at radius 3 is 2.26 bits per heavy atom. The third kappa shape index (κ3) is 4.17. The van der Waals surface area contributed by atoms with Crippen LogP contribution in [-0.4, -0.2) is 11.3 Å². The number of carbonyl (C=O) groups is 1. The molecule has 0 amide bonds. The number of hydrogen-bond acceptors (Lipinski definition) is 4. The maximum atomic E-state index is 10.6. The van der Waals surface area contributed by atoms with Crippen LogP contribution in [0.1, 0.15) is 15.9 Å². The van der Waals surface area contributed by atoms with Crippen LogP contribution in [0.15, 0.2) is 72.9 Å². The van der Waals surface area contributed by atoms with Crippen LogP contribution in [0.25, 0.3) is 0 Å². The molecule has 23 heavy (non-hydrogen) atoms. The topological polar surface area (TPSA) is 48.4 Å². The molecule has 3 rings (SSSR count). The SMILES string of the molecule is O=Cc1ccc(Oc2ccc(OCc3ccccc3)cc2)nc1. The van der Waals surface area contributed by atoms with E-state index in [0.29, 0.717) is 23.8 Å². The first-order valence-electron chi connectivity index (χ1n) is 7.19. The predicted molar refractivity (Wildman–Crippen MR) is 86.9 cm³/mol. The average Bonchev–Trinajstić information content (AvgIpc) is 2.63. The van der Waals surface area contributed by atoms with Crippen molar-refractivity contribution >= 4 is 6.29 Å². The Morgan fingerprint density at radius 2 is 1.61 bits per heavy atom. The zero-order chi connectivity index (χ0) is 15.9. The van der Waals surface area contributed by atoms with Crippen LogP contribution < -0.4 is 9.47 Å². The highest BCUT2D eigenvalue weighted by atomic mass is 16.5. The number of rotatable bonds is 6. The summed E-state index contributed by atoms with van der Waals surface area (Å²) in [5, 5.41) is 0. The molecule has 4 nitrogen and oxygen atoms in total. The van der Waals surface area contributed by atoms with Gasteiger partial charge in [0.05, 0.1) is 0 Å². The standard InChI is InChI=1S/C19H15NO3/c21-13-16-6-11-19(20-12-16)23-18-9-7-17(8-10-18)22-14-15-4-2-1-3-5-15/h1-13H,14H2. The second-order valence-corrected chi connectivity index (χ2v) is 4.90. The number of pyridine rings is 1. The maximum Gasteiger partial charge on any atom is 0.219 e. The van der Waals surface area contributed by atoms with Crippen LogP contribution in [0.2, 0.25) is 0 Å². The Balaban J connectivity index is 1.59. The summed E-state index contributed by atoms with van der Waals surface area (Å²) in [5.41, 5.74) is 1.63. The smallest absolute Gasteiger partial charge is 0.219 e. The molecule has 0 saturated carbocycles. The van der Waals surface area contributed by atoms with Crippen LogP contribution in [-0.2, 0) is 6.61 Å². The van der Waals surface area contributed by atoms with Gasteiger partial charge in [-0.3, -0.25) is 4.79 Å². The summed E-state index contributed by atoms with van der Waals surface area (Å²) in [6.45, 7) is 0.524. The van der Waals surface area contributed by atoms with E-state index in [4.69, 9.17) is 9.47 Å². The molecule has 0 spiro atoms. The van der Waals surface area contributed by atoms with Gasteiger partial charge >= 0.3 is 0 Å². The van der Waals surface area contributed by atoms with Crippen molar-refractivity contribution < 1.29 is 14.3 Å². The number of aromatic nitrogens is 1. The quantitative estimate of drug-likeness (QED) is 0.638. The maximum absolute atomic E-state index is 10.6. The Bertz CT molecular complexity index is 753. The minimum absolute atomic E-state index is 0.438. The summed E-state index contributed by atoms with van der Waals surface area (Å²) in [6.07, 6.45) is 2.22. The van der Waals surface area contributed by atoms with Gasteiger partial charge in [-0.05, 0) is 35.9 Å². The molecule has 2 aromatic carbocycles. The second kappa shape index (κ2) is 7.22. The van der Waals surface area contributed by atoms with Crippen molar-refractivity contribution in [3.8, 4) is 17.4 Å². The van der Waals surface area contributed by atoms with Gasteiger partial charge in [0, 0.05) is 17.8 Å². The first-order valence-corrected chi connectivity index (χ1v) is 7.19. The molecule has 0 aliphatic heterocycles. The van der Waals surface area contributed by atoms with E-state index in [1.165, 1.54) is 6.20 Å². The molecule has 4 heteroatoms. The van der Waals surface area contributed by atoms with Crippen LogP contribution in [0.3, 0.4) is 0 Å². The lowest BCUT2D eigenvalue weighted by Gasteiger charge is -2.08. The van der Waals surface area contributed by atoms with E-state index in [1.54, 1.807) is 12.1 Å². The molecule has 0 fully saturated rings. The Morgan fingerprint density at radius 1 is 0.870 bits per heavy atom. The molecule has 0 unspecified atom stereocenters. The Kier molecular flexibility index (Phi) is 4.64. The Labute approximate surface area is 134 Å². The Hall–Kier alpha value is -3.14. The van der Waals surface area contributed by atoms with Gasteiger partial charge in [0.25, 0.3) is 0 Å². The number of ether oxygens (including phenoxy) is 2. The third-order valence-electron chi connectivity index (χ3n) is 3.19. The van der Waals surface area contributed by atoms with Gasteiger partial charge in [0.15, 0.2) is 6.29 Å². The monoisotopic (exact) mass is 305 g/mol. The number of hydrogen-bond donors (Lipinski definition) is 0. The van der Waals surface area contributed by atoms with Crippen molar-refractivity contribution in [2.75, 3.05) is 0 Å². The highest BCUT2D eigenvalue weighted by molar-refractivity contribution is 5.74. The van der Waals surface area contributed by atoms with Crippen LogP contribution in [0, 0.1) is 0 Å². The summed E-state index contributed by atoms with van der Waals surface area (Å²) in [4.78, 5) is 14.6. The largest absolute Gasteiger partial charge is 0.489 e. The molecule has 0 aliphatic rings. The van der Waals surface area contributed by atoms with Gasteiger partial charge in [0.2, 0.25) is 5.88 Å². The molecular formula is C19H15NO3. The average molecular weight is 305 g/mol. The van der Waals surface area contributed by atoms with E-state index >= 15 is 0 Å². The van der Waals surface area contributed by atoms with Gasteiger partial charge in [-0.25, -0.2) is 4.98 Å². The zero-order valence-corrected chi connectivity index (χ0v) is 12.4. The van der Waals surface area contributed by atoms with E-state index in [9.17, 15) is 4.79 Å². The summed E-state index contributed by atoms with van der Waals surface area (Å²) in [6, 6.07) is 20.6. The minimum Gasteiger partial charge on any atom is -0.489 e. The molecule has 1 heterocycles. The van der Waals surface area contributed by atoms with Crippen molar-refractivity contribution in [3.63, 3.8) is 0 Å². The van der Waals surface area contributed by atoms with Crippen molar-refractivity contribution in [1.29, 1.82) is 0 Å². The fraction of sp³-hybridized carbons (Fsp3) is 0.0526. The molecule has 0 radical (unpaired) electrons. The summed E-state index contributed by atoms with van der Waals surface area (Å²) in [5.74, 6) is 1.86. The second-order valence-electron chi connectivity index (χ2n) is 4.90. The molecule has 0 N–H and O–H groups in total. The highest BCUT2D eigenvalue weighted by Gasteiger charge is 2.01. The lowest BCUT2D eigenvalue weighted by atomic mass is 10.2. The van der Waals surface area contributed by atoms with E-state index in [0.717, 1.165) is 17.6 Å². The van der Waals surface area contributed by atoms with Crippen molar-refractivity contribution in [1.82, 2.24) is 4.98 Å². The van der Waals surface area contributed by atoms with Gasteiger partial charge < -0.3 is 9.47 Å². The van der Waals surface area contributed by atoms with Crippen LogP contribution >= 0.6 is 0 Å². The van der Waals surface area contributed by atoms with Gasteiger partial charge in [-0.2, -0.15) is 0 Å². The molecule has 0 saturated heterocycles. The zero-order valence-electron chi connectivity index (χ0n) is 12.4. The normalized spacial score (nSPS) is 10.1. The predicted octanol–water partition coefficient (Wildman–Crippen LogP) is 4.27. The van der Waals surface area contributed by atoms with Crippen molar-refractivity contribution in [2.24, 2.45) is 0 Å². The fourth-order valence-corrected chi connectivity index (χ4v) is 1.99. The van der Waals surface area contributed by atoms with Crippen molar-refractivity contribution in [3.05, 3.63) is 84.1 Å². The molecule has 0 bridgehead atoms. The van der Waals surface area contributed by atoms with Gasteiger partial charge in [0.1, 0.15) is 18.1 Å². The number of nitrogens with zero attached hydrogens (tertiary/aromatic N) is 1. The fourth-order valence-electron chi connectivity index (χ4n) is 1.99. The summed E-state index contributed by atoms with van der Waals surface area (Å²) >= 11 is 0. The first-order chi connectivity index (χ1) is 11.3. The van der Waals surface area contributed by atoms with Crippen LogP contribution in [0.5, 0.6) is 17.4 Å². The van der Waals surface area contributed by atoms with E-state index in [2.05, 4.69) is 4.98 Å². The molecule has 3 aromatic rings. The number of aldehydes is 1. The molecule has 1 aromatic heterocycles. The van der Waals surface area contributed by atoms with E-state index in [-0.39, 0.29) is 0 Å². The van der Waals surface area contributed by atoms with Crippen molar-refractivity contribution in [2.45, 2.75) is 6.61 Å².